The Kier molecular flexibility index (Phi) is 5.05. The van der Waals surface area contributed by atoms with Crippen molar-refractivity contribution in [2.75, 3.05) is 31.3 Å². The van der Waals surface area contributed by atoms with Gasteiger partial charge in [-0.15, -0.1) is 0 Å². The van der Waals surface area contributed by atoms with Crippen LogP contribution in [0.3, 0.4) is 0 Å². The van der Waals surface area contributed by atoms with Crippen molar-refractivity contribution >= 4 is 28.2 Å². The average molecular weight is 312 g/mol. The molecule has 21 heavy (non-hydrogen) atoms. The van der Waals surface area contributed by atoms with Gasteiger partial charge in [0.25, 0.3) is 5.91 Å². The fraction of sp³-hybridized carbons (Fsp3) is 0.714. The third-order valence-electron chi connectivity index (χ3n) is 3.48. The largest absolute Gasteiger partial charge is 0.385 e. The van der Waals surface area contributed by atoms with Crippen molar-refractivity contribution < 1.29 is 9.53 Å². The van der Waals surface area contributed by atoms with Gasteiger partial charge >= 0.3 is 0 Å². The first-order valence-corrected chi connectivity index (χ1v) is 8.03. The van der Waals surface area contributed by atoms with Gasteiger partial charge in [0.15, 0.2) is 5.13 Å². The van der Waals surface area contributed by atoms with Gasteiger partial charge in [0.2, 0.25) is 0 Å². The molecule has 1 amide bonds. The number of ether oxygens (including phenoxy) is 1. The molecule has 1 saturated carbocycles. The second-order valence-electron chi connectivity index (χ2n) is 6.24. The highest BCUT2D eigenvalue weighted by Crippen LogP contribution is 2.30. The van der Waals surface area contributed by atoms with Gasteiger partial charge in [-0.05, 0) is 24.7 Å². The molecular formula is C14H24N4O2S. The standard InChI is InChI=1S/C14H24N4O2S/c1-14(2,6-7-20-3)8-16-12(19)10-11(15)18-13(21-10)17-9-4-5-9/h9H,4-8,15H2,1-3H3,(H,16,19)(H,17,18). The van der Waals surface area contributed by atoms with Gasteiger partial charge in [0.05, 0.1) is 0 Å². The number of nitrogens with two attached hydrogens (primary N) is 1. The van der Waals surface area contributed by atoms with E-state index in [2.05, 4.69) is 29.5 Å². The number of methoxy groups -OCH3 is 1. The molecule has 0 aliphatic heterocycles. The summed E-state index contributed by atoms with van der Waals surface area (Å²) in [7, 11) is 1.68. The maximum atomic E-state index is 12.2. The van der Waals surface area contributed by atoms with Gasteiger partial charge in [0.1, 0.15) is 10.7 Å². The van der Waals surface area contributed by atoms with E-state index in [0.29, 0.717) is 29.9 Å². The highest BCUT2D eigenvalue weighted by atomic mass is 32.1. The van der Waals surface area contributed by atoms with Crippen LogP contribution in [0.1, 0.15) is 42.8 Å². The number of nitrogens with one attached hydrogen (secondary N) is 2. The van der Waals surface area contributed by atoms with Crippen molar-refractivity contribution in [1.29, 1.82) is 0 Å². The second-order valence-corrected chi connectivity index (χ2v) is 7.24. The normalized spacial score (nSPS) is 15.0. The quantitative estimate of drug-likeness (QED) is 0.684. The van der Waals surface area contributed by atoms with Crippen molar-refractivity contribution in [3.05, 3.63) is 4.88 Å². The molecular weight excluding hydrogens is 288 g/mol. The van der Waals surface area contributed by atoms with Gasteiger partial charge in [-0.25, -0.2) is 4.98 Å². The van der Waals surface area contributed by atoms with E-state index < -0.39 is 0 Å². The molecule has 0 unspecified atom stereocenters. The minimum Gasteiger partial charge on any atom is -0.385 e. The monoisotopic (exact) mass is 312 g/mol. The molecule has 1 aliphatic carbocycles. The predicted octanol–water partition coefficient (Wildman–Crippen LogP) is 2.09. The first kappa shape index (κ1) is 16.0. The summed E-state index contributed by atoms with van der Waals surface area (Å²) in [6.07, 6.45) is 3.21. The molecule has 2 rings (SSSR count). The van der Waals surface area contributed by atoms with Crippen molar-refractivity contribution in [3.63, 3.8) is 0 Å². The summed E-state index contributed by atoms with van der Waals surface area (Å²) < 4.78 is 5.09. The predicted molar refractivity (Wildman–Crippen MR) is 85.8 cm³/mol. The molecule has 1 fully saturated rings. The zero-order chi connectivity index (χ0) is 15.5. The lowest BCUT2D eigenvalue weighted by molar-refractivity contribution is 0.0925. The van der Waals surface area contributed by atoms with Crippen molar-refractivity contribution in [1.82, 2.24) is 10.3 Å². The van der Waals surface area contributed by atoms with Gasteiger partial charge in [0, 0.05) is 26.3 Å². The van der Waals surface area contributed by atoms with Gasteiger partial charge in [-0.2, -0.15) is 0 Å². The fourth-order valence-corrected chi connectivity index (χ4v) is 2.70. The number of nitrogen functional groups attached to an aromatic ring is 1. The lowest BCUT2D eigenvalue weighted by Crippen LogP contribution is -2.34. The molecule has 118 valence electrons. The molecule has 0 aromatic carbocycles. The van der Waals surface area contributed by atoms with E-state index in [1.807, 2.05) is 0 Å². The Morgan fingerprint density at radius 1 is 1.52 bits per heavy atom. The van der Waals surface area contributed by atoms with Crippen LogP contribution in [-0.4, -0.2) is 37.2 Å². The van der Waals surface area contributed by atoms with Crippen LogP contribution in [-0.2, 0) is 4.74 Å². The zero-order valence-corrected chi connectivity index (χ0v) is 13.7. The summed E-state index contributed by atoms with van der Waals surface area (Å²) in [5.74, 6) is 0.148. The lowest BCUT2D eigenvalue weighted by Gasteiger charge is -2.24. The topological polar surface area (TPSA) is 89.3 Å². The van der Waals surface area contributed by atoms with E-state index in [1.54, 1.807) is 7.11 Å². The Bertz CT molecular complexity index is 497. The number of carbonyl (C=O) groups excluding carboxylic acids is 1. The molecule has 1 aromatic heterocycles. The molecule has 0 saturated heterocycles. The van der Waals surface area contributed by atoms with Gasteiger partial charge < -0.3 is 21.1 Å². The van der Waals surface area contributed by atoms with E-state index in [-0.39, 0.29) is 11.3 Å². The number of anilines is 2. The lowest BCUT2D eigenvalue weighted by atomic mass is 9.90. The number of nitrogens with zero attached hydrogens (tertiary/aromatic N) is 1. The van der Waals surface area contributed by atoms with Crippen LogP contribution in [0.4, 0.5) is 10.9 Å². The number of hydrogen-bond acceptors (Lipinski definition) is 6. The molecule has 6 nitrogen and oxygen atoms in total. The molecule has 4 N–H and O–H groups in total. The summed E-state index contributed by atoms with van der Waals surface area (Å²) in [5.41, 5.74) is 5.82. The maximum absolute atomic E-state index is 12.2. The first-order chi connectivity index (χ1) is 9.91. The minimum atomic E-state index is -0.153. The molecule has 1 aromatic rings. The van der Waals surface area contributed by atoms with E-state index >= 15 is 0 Å². The van der Waals surface area contributed by atoms with Crippen LogP contribution < -0.4 is 16.4 Å². The van der Waals surface area contributed by atoms with E-state index in [4.69, 9.17) is 10.5 Å². The highest BCUT2D eigenvalue weighted by molar-refractivity contribution is 7.18. The molecule has 1 aliphatic rings. The smallest absolute Gasteiger partial charge is 0.265 e. The van der Waals surface area contributed by atoms with Crippen LogP contribution in [0.5, 0.6) is 0 Å². The number of carbonyl (C=O) groups is 1. The fourth-order valence-electron chi connectivity index (χ4n) is 1.83. The number of amides is 1. The summed E-state index contributed by atoms with van der Waals surface area (Å²) in [5, 5.41) is 6.94. The summed E-state index contributed by atoms with van der Waals surface area (Å²) >= 11 is 1.32. The third kappa shape index (κ3) is 4.86. The molecule has 0 bridgehead atoms. The number of aromatic nitrogens is 1. The average Bonchev–Trinajstić information content (AvgIpc) is 3.16. The number of hydrogen-bond donors (Lipinski definition) is 3. The van der Waals surface area contributed by atoms with E-state index in [0.717, 1.165) is 24.4 Å². The van der Waals surface area contributed by atoms with E-state index in [1.165, 1.54) is 11.3 Å². The summed E-state index contributed by atoms with van der Waals surface area (Å²) in [6, 6.07) is 0.499. The zero-order valence-electron chi connectivity index (χ0n) is 12.9. The molecule has 7 heteroatoms. The Hall–Kier alpha value is -1.34. The molecule has 0 radical (unpaired) electrons. The maximum Gasteiger partial charge on any atom is 0.265 e. The van der Waals surface area contributed by atoms with Crippen LogP contribution in [0.2, 0.25) is 0 Å². The molecule has 1 heterocycles. The van der Waals surface area contributed by atoms with Crippen molar-refractivity contribution in [3.8, 4) is 0 Å². The SMILES string of the molecule is COCCC(C)(C)CNC(=O)c1sc(NC2CC2)nc1N. The minimum absolute atomic E-state index is 0.0137. The molecule has 0 atom stereocenters. The first-order valence-electron chi connectivity index (χ1n) is 7.21. The van der Waals surface area contributed by atoms with Gasteiger partial charge in [-0.3, -0.25) is 4.79 Å². The summed E-state index contributed by atoms with van der Waals surface area (Å²) in [6.45, 7) is 5.46. The second kappa shape index (κ2) is 6.62. The molecule has 0 spiro atoms. The Balaban J connectivity index is 1.88. The third-order valence-corrected chi connectivity index (χ3v) is 4.48. The van der Waals surface area contributed by atoms with Crippen LogP contribution in [0, 0.1) is 5.41 Å². The van der Waals surface area contributed by atoms with Crippen molar-refractivity contribution in [2.24, 2.45) is 5.41 Å². The van der Waals surface area contributed by atoms with Crippen LogP contribution >= 0.6 is 11.3 Å². The Morgan fingerprint density at radius 3 is 2.86 bits per heavy atom. The van der Waals surface area contributed by atoms with Crippen molar-refractivity contribution in [2.45, 2.75) is 39.2 Å². The Labute approximate surface area is 129 Å². The van der Waals surface area contributed by atoms with Gasteiger partial charge in [-0.1, -0.05) is 25.2 Å². The number of thiazole rings is 1. The Morgan fingerprint density at radius 2 is 2.24 bits per heavy atom. The summed E-state index contributed by atoms with van der Waals surface area (Å²) in [4.78, 5) is 16.9. The number of rotatable bonds is 8. The highest BCUT2D eigenvalue weighted by Gasteiger charge is 2.25. The van der Waals surface area contributed by atoms with E-state index in [9.17, 15) is 4.79 Å². The van der Waals surface area contributed by atoms with Crippen LogP contribution in [0.25, 0.3) is 0 Å². The van der Waals surface area contributed by atoms with Crippen LogP contribution in [0.15, 0.2) is 0 Å².